The van der Waals surface area contributed by atoms with Gasteiger partial charge in [0, 0.05) is 10.0 Å². The molecule has 0 saturated heterocycles. The normalized spacial score (nSPS) is 10.6. The molecule has 0 aromatic heterocycles. The average molecular weight is 629 g/mol. The molecule has 0 aliphatic carbocycles. The summed E-state index contributed by atoms with van der Waals surface area (Å²) in [6, 6.07) is 14.6. The first-order valence-corrected chi connectivity index (χ1v) is 12.3. The van der Waals surface area contributed by atoms with Crippen LogP contribution in [0.2, 0.25) is 0 Å². The average Bonchev–Trinajstić information content (AvgIpc) is 2.78. The second kappa shape index (κ2) is 11.7. The Kier molecular flexibility index (Phi) is 8.95. The maximum Gasteiger partial charge on any atom is 0.276 e. The van der Waals surface area contributed by atoms with Gasteiger partial charge in [-0.15, -0.1) is 0 Å². The lowest BCUT2D eigenvalue weighted by Gasteiger charge is -2.12. The number of hydrogen-bond acceptors (Lipinski definition) is 4. The highest BCUT2D eigenvalue weighted by molar-refractivity contribution is 9.11. The highest BCUT2D eigenvalue weighted by atomic mass is 79.9. The fourth-order valence-corrected chi connectivity index (χ4v) is 4.30. The number of benzene rings is 3. The van der Waals surface area contributed by atoms with Crippen molar-refractivity contribution in [2.45, 2.75) is 19.8 Å². The molecule has 0 aliphatic rings. The Morgan fingerprint density at radius 1 is 0.906 bits per heavy atom. The lowest BCUT2D eigenvalue weighted by atomic mass is 10.1. The van der Waals surface area contributed by atoms with Crippen LogP contribution in [0.5, 0.6) is 11.5 Å². The number of ether oxygens (including phenoxy) is 2. The Morgan fingerprint density at radius 2 is 1.69 bits per heavy atom. The zero-order valence-electron chi connectivity index (χ0n) is 17.2. The number of hydrazine groups is 1. The van der Waals surface area contributed by atoms with Crippen molar-refractivity contribution in [1.29, 1.82) is 0 Å². The molecule has 6 nitrogen and oxygen atoms in total. The number of fused-ring (bicyclic) bond motifs is 1. The minimum absolute atomic E-state index is 0.255. The molecule has 0 heterocycles. The quantitative estimate of drug-likeness (QED) is 0.232. The van der Waals surface area contributed by atoms with E-state index in [2.05, 4.69) is 65.6 Å². The van der Waals surface area contributed by atoms with Gasteiger partial charge in [0.25, 0.3) is 11.8 Å². The Bertz CT molecular complexity index is 1140. The molecule has 3 aromatic carbocycles. The monoisotopic (exact) mass is 626 g/mol. The van der Waals surface area contributed by atoms with Crippen molar-refractivity contribution in [3.05, 3.63) is 67.5 Å². The molecule has 0 spiro atoms. The largest absolute Gasteiger partial charge is 0.492 e. The number of halogens is 3. The molecule has 2 amide bonds. The minimum atomic E-state index is -0.486. The first-order valence-electron chi connectivity index (χ1n) is 9.91. The lowest BCUT2D eigenvalue weighted by molar-refractivity contribution is -0.123. The third kappa shape index (κ3) is 6.46. The maximum absolute atomic E-state index is 12.3. The van der Waals surface area contributed by atoms with E-state index in [-0.39, 0.29) is 6.61 Å². The van der Waals surface area contributed by atoms with Crippen LogP contribution in [0.15, 0.2) is 61.9 Å². The molecule has 168 valence electrons. The predicted octanol–water partition coefficient (Wildman–Crippen LogP) is 6.15. The van der Waals surface area contributed by atoms with Crippen molar-refractivity contribution >= 4 is 70.4 Å². The molecule has 0 radical (unpaired) electrons. The van der Waals surface area contributed by atoms with E-state index in [1.165, 1.54) is 0 Å². The molecule has 0 unspecified atom stereocenters. The van der Waals surface area contributed by atoms with Crippen molar-refractivity contribution in [2.24, 2.45) is 0 Å². The molecule has 0 saturated carbocycles. The molecule has 2 N–H and O–H groups in total. The zero-order chi connectivity index (χ0) is 23.1. The van der Waals surface area contributed by atoms with Crippen LogP contribution >= 0.6 is 47.8 Å². The van der Waals surface area contributed by atoms with Crippen molar-refractivity contribution in [3.63, 3.8) is 0 Å². The van der Waals surface area contributed by atoms with Gasteiger partial charge in [0.15, 0.2) is 6.61 Å². The maximum atomic E-state index is 12.3. The summed E-state index contributed by atoms with van der Waals surface area (Å²) in [6.07, 6.45) is 1.99. The molecule has 32 heavy (non-hydrogen) atoms. The summed E-state index contributed by atoms with van der Waals surface area (Å²) >= 11 is 10.4. The van der Waals surface area contributed by atoms with Gasteiger partial charge in [-0.2, -0.15) is 0 Å². The Hall–Kier alpha value is -2.10. The summed E-state index contributed by atoms with van der Waals surface area (Å²) in [4.78, 5) is 24.5. The molecule has 0 atom stereocenters. The van der Waals surface area contributed by atoms with Gasteiger partial charge in [-0.1, -0.05) is 41.4 Å². The molecule has 3 aromatic rings. The second-order valence-electron chi connectivity index (χ2n) is 6.88. The van der Waals surface area contributed by atoms with Crippen LogP contribution in [0, 0.1) is 0 Å². The van der Waals surface area contributed by atoms with Gasteiger partial charge >= 0.3 is 0 Å². The first kappa shape index (κ1) is 24.5. The standard InChI is InChI=1S/C23H21Br3N2O4/c1-2-3-10-31-19-8-5-15(12-18(19)25)23(30)28-27-21(29)13-32-20-9-4-14-11-16(24)6-7-17(14)22(20)26/h4-9,11-12H,2-3,10,13H2,1H3,(H,27,29)(H,28,30). The molecule has 3 rings (SSSR count). The van der Waals surface area contributed by atoms with E-state index in [9.17, 15) is 9.59 Å². The van der Waals surface area contributed by atoms with E-state index < -0.39 is 11.8 Å². The summed E-state index contributed by atoms with van der Waals surface area (Å²) in [5.41, 5.74) is 5.13. The van der Waals surface area contributed by atoms with Crippen LogP contribution < -0.4 is 20.3 Å². The fraction of sp³-hybridized carbons (Fsp3) is 0.217. The smallest absolute Gasteiger partial charge is 0.276 e. The van der Waals surface area contributed by atoms with E-state index in [1.54, 1.807) is 24.3 Å². The molecular formula is C23H21Br3N2O4. The summed E-state index contributed by atoms with van der Waals surface area (Å²) in [6.45, 7) is 2.45. The highest BCUT2D eigenvalue weighted by Crippen LogP contribution is 2.34. The van der Waals surface area contributed by atoms with E-state index >= 15 is 0 Å². The number of carbonyl (C=O) groups excluding carboxylic acids is 2. The van der Waals surface area contributed by atoms with Crippen LogP contribution in [-0.2, 0) is 4.79 Å². The summed E-state index contributed by atoms with van der Waals surface area (Å²) in [7, 11) is 0. The van der Waals surface area contributed by atoms with E-state index in [1.807, 2.05) is 24.3 Å². The van der Waals surface area contributed by atoms with E-state index in [4.69, 9.17) is 9.47 Å². The highest BCUT2D eigenvalue weighted by Gasteiger charge is 2.12. The lowest BCUT2D eigenvalue weighted by Crippen LogP contribution is -2.43. The van der Waals surface area contributed by atoms with Gasteiger partial charge in [-0.3, -0.25) is 20.4 Å². The number of rotatable bonds is 8. The number of hydrogen-bond donors (Lipinski definition) is 2. The third-order valence-corrected chi connectivity index (χ3v) is 6.44. The SMILES string of the molecule is CCCCOc1ccc(C(=O)NNC(=O)COc2ccc3cc(Br)ccc3c2Br)cc1Br. The number of carbonyl (C=O) groups is 2. The molecule has 0 fully saturated rings. The minimum Gasteiger partial charge on any atom is -0.492 e. The van der Waals surface area contributed by atoms with Gasteiger partial charge in [0.1, 0.15) is 11.5 Å². The summed E-state index contributed by atoms with van der Waals surface area (Å²) in [5, 5.41) is 2.00. The topological polar surface area (TPSA) is 76.7 Å². The van der Waals surface area contributed by atoms with Crippen molar-refractivity contribution in [2.75, 3.05) is 13.2 Å². The molecular weight excluding hydrogens is 608 g/mol. The van der Waals surface area contributed by atoms with Gasteiger partial charge in [0.2, 0.25) is 0 Å². The summed E-state index contributed by atoms with van der Waals surface area (Å²) < 4.78 is 13.7. The van der Waals surface area contributed by atoms with Gasteiger partial charge in [0.05, 0.1) is 15.6 Å². The van der Waals surface area contributed by atoms with Crippen molar-refractivity contribution in [1.82, 2.24) is 10.9 Å². The second-order valence-corrected chi connectivity index (χ2v) is 9.44. The van der Waals surface area contributed by atoms with Gasteiger partial charge in [-0.05, 0) is 85.5 Å². The van der Waals surface area contributed by atoms with Gasteiger partial charge in [-0.25, -0.2) is 0 Å². The van der Waals surface area contributed by atoms with E-state index in [0.29, 0.717) is 28.1 Å². The van der Waals surface area contributed by atoms with E-state index in [0.717, 1.165) is 32.6 Å². The Labute approximate surface area is 211 Å². The fourth-order valence-electron chi connectivity index (χ4n) is 2.82. The third-order valence-electron chi connectivity index (χ3n) is 4.50. The number of nitrogens with one attached hydrogen (secondary N) is 2. The van der Waals surface area contributed by atoms with Crippen LogP contribution in [0.3, 0.4) is 0 Å². The zero-order valence-corrected chi connectivity index (χ0v) is 22.0. The first-order chi connectivity index (χ1) is 15.4. The molecule has 9 heteroatoms. The van der Waals surface area contributed by atoms with Gasteiger partial charge < -0.3 is 9.47 Å². The van der Waals surface area contributed by atoms with Crippen molar-refractivity contribution in [3.8, 4) is 11.5 Å². The number of unbranched alkanes of at least 4 members (excludes halogenated alkanes) is 1. The predicted molar refractivity (Wildman–Crippen MR) is 135 cm³/mol. The Balaban J connectivity index is 1.52. The summed E-state index contributed by atoms with van der Waals surface area (Å²) in [5.74, 6) is 0.265. The van der Waals surface area contributed by atoms with Crippen LogP contribution in [-0.4, -0.2) is 25.0 Å². The van der Waals surface area contributed by atoms with Crippen LogP contribution in [0.1, 0.15) is 30.1 Å². The Morgan fingerprint density at radius 3 is 2.44 bits per heavy atom. The van der Waals surface area contributed by atoms with Crippen LogP contribution in [0.4, 0.5) is 0 Å². The van der Waals surface area contributed by atoms with Crippen LogP contribution in [0.25, 0.3) is 10.8 Å². The molecule has 0 aliphatic heterocycles. The number of amides is 2. The van der Waals surface area contributed by atoms with Crippen molar-refractivity contribution < 1.29 is 19.1 Å². The molecule has 0 bridgehead atoms.